The molecule has 1 fully saturated rings. The van der Waals surface area contributed by atoms with Crippen LogP contribution >= 0.6 is 11.3 Å². The van der Waals surface area contributed by atoms with Crippen LogP contribution in [0.15, 0.2) is 17.5 Å². The van der Waals surface area contributed by atoms with Crippen molar-refractivity contribution in [2.75, 3.05) is 6.54 Å². The summed E-state index contributed by atoms with van der Waals surface area (Å²) in [4.78, 5) is 1.55. The second-order valence-electron chi connectivity index (χ2n) is 7.06. The average Bonchev–Trinajstić information content (AvgIpc) is 2.99. The molecule has 1 aromatic rings. The molecule has 1 heterocycles. The summed E-state index contributed by atoms with van der Waals surface area (Å²) in [6.45, 7) is 8.36. The van der Waals surface area contributed by atoms with E-state index in [0.29, 0.717) is 0 Å². The molecule has 1 saturated carbocycles. The van der Waals surface area contributed by atoms with Gasteiger partial charge in [-0.05, 0) is 74.3 Å². The topological polar surface area (TPSA) is 12.0 Å². The van der Waals surface area contributed by atoms with Crippen LogP contribution in [0.5, 0.6) is 0 Å². The molecule has 0 spiro atoms. The van der Waals surface area contributed by atoms with Crippen LogP contribution in [0.4, 0.5) is 0 Å². The molecule has 1 aromatic heterocycles. The third-order valence-corrected chi connectivity index (χ3v) is 6.32. The van der Waals surface area contributed by atoms with Gasteiger partial charge in [-0.15, -0.1) is 11.3 Å². The van der Waals surface area contributed by atoms with Gasteiger partial charge in [-0.25, -0.2) is 0 Å². The van der Waals surface area contributed by atoms with E-state index in [-0.39, 0.29) is 0 Å². The van der Waals surface area contributed by atoms with Crippen LogP contribution in [0.1, 0.15) is 64.2 Å². The zero-order valence-corrected chi connectivity index (χ0v) is 14.9. The Morgan fingerprint density at radius 1 is 1.29 bits per heavy atom. The van der Waals surface area contributed by atoms with Crippen LogP contribution in [0.2, 0.25) is 0 Å². The summed E-state index contributed by atoms with van der Waals surface area (Å²) in [5.41, 5.74) is 0. The maximum Gasteiger partial charge on any atom is 0.00955 e. The Kier molecular flexibility index (Phi) is 7.25. The summed E-state index contributed by atoms with van der Waals surface area (Å²) in [6, 6.07) is 5.21. The van der Waals surface area contributed by atoms with Gasteiger partial charge in [-0.2, -0.15) is 0 Å². The fourth-order valence-corrected chi connectivity index (χ4v) is 4.49. The van der Waals surface area contributed by atoms with E-state index < -0.39 is 0 Å². The van der Waals surface area contributed by atoms with E-state index in [2.05, 4.69) is 43.6 Å². The van der Waals surface area contributed by atoms with Gasteiger partial charge < -0.3 is 5.32 Å². The molecule has 4 atom stereocenters. The minimum absolute atomic E-state index is 0.750. The van der Waals surface area contributed by atoms with Crippen molar-refractivity contribution in [3.05, 3.63) is 22.4 Å². The summed E-state index contributed by atoms with van der Waals surface area (Å²) in [6.07, 6.45) is 9.50. The molecule has 0 radical (unpaired) electrons. The van der Waals surface area contributed by atoms with Gasteiger partial charge in [0.2, 0.25) is 0 Å². The fraction of sp³-hybridized carbons (Fsp3) is 0.789. The first kappa shape index (κ1) is 17.0. The lowest BCUT2D eigenvalue weighted by molar-refractivity contribution is 0.165. The van der Waals surface area contributed by atoms with Crippen molar-refractivity contribution < 1.29 is 0 Å². The number of thiophene rings is 1. The number of hydrogen-bond donors (Lipinski definition) is 1. The molecule has 0 saturated heterocycles. The van der Waals surface area contributed by atoms with Crippen molar-refractivity contribution in [1.29, 1.82) is 0 Å². The van der Waals surface area contributed by atoms with Gasteiger partial charge in [0, 0.05) is 10.9 Å². The van der Waals surface area contributed by atoms with Crippen molar-refractivity contribution in [1.82, 2.24) is 5.32 Å². The molecule has 0 aromatic carbocycles. The predicted molar refractivity (Wildman–Crippen MR) is 95.0 cm³/mol. The molecule has 0 bridgehead atoms. The average molecular weight is 308 g/mol. The number of aryl methyl sites for hydroxylation is 1. The van der Waals surface area contributed by atoms with E-state index in [1.165, 1.54) is 51.5 Å². The molecule has 0 amide bonds. The van der Waals surface area contributed by atoms with E-state index in [1.807, 2.05) is 11.3 Å². The van der Waals surface area contributed by atoms with Crippen LogP contribution < -0.4 is 5.32 Å². The monoisotopic (exact) mass is 307 g/mol. The Balaban J connectivity index is 1.81. The van der Waals surface area contributed by atoms with Crippen LogP contribution in [0.25, 0.3) is 0 Å². The molecule has 1 N–H and O–H groups in total. The molecule has 2 heteroatoms. The largest absolute Gasteiger partial charge is 0.314 e. The lowest BCUT2D eigenvalue weighted by atomic mass is 9.72. The molecule has 4 unspecified atom stereocenters. The Labute approximate surface area is 135 Å². The molecule has 1 nitrogen and oxygen atoms in total. The van der Waals surface area contributed by atoms with Crippen molar-refractivity contribution in [3.8, 4) is 0 Å². The zero-order chi connectivity index (χ0) is 15.1. The Bertz CT molecular complexity index is 373. The number of hydrogen-bond acceptors (Lipinski definition) is 2. The first-order valence-corrected chi connectivity index (χ1v) is 9.84. The summed E-state index contributed by atoms with van der Waals surface area (Å²) in [7, 11) is 0. The number of rotatable bonds is 8. The van der Waals surface area contributed by atoms with E-state index in [9.17, 15) is 0 Å². The normalized spacial score (nSPS) is 27.7. The fourth-order valence-electron chi connectivity index (χ4n) is 3.74. The first-order chi connectivity index (χ1) is 10.2. The minimum Gasteiger partial charge on any atom is -0.314 e. The summed E-state index contributed by atoms with van der Waals surface area (Å²) in [5, 5.41) is 6.06. The van der Waals surface area contributed by atoms with Gasteiger partial charge in [0.25, 0.3) is 0 Å². The number of nitrogens with one attached hydrogen (secondary N) is 1. The zero-order valence-electron chi connectivity index (χ0n) is 14.1. The highest BCUT2D eigenvalue weighted by molar-refractivity contribution is 7.09. The van der Waals surface area contributed by atoms with Crippen molar-refractivity contribution in [2.24, 2.45) is 17.8 Å². The van der Waals surface area contributed by atoms with E-state index in [4.69, 9.17) is 0 Å². The quantitative estimate of drug-likeness (QED) is 0.667. The highest BCUT2D eigenvalue weighted by atomic mass is 32.1. The van der Waals surface area contributed by atoms with Gasteiger partial charge in [0.05, 0.1) is 0 Å². The molecule has 1 aliphatic rings. The SMILES string of the molecule is CCCNC(CCCc1cccs1)C1CCC(C)C(C)C1. The molecule has 21 heavy (non-hydrogen) atoms. The standard InChI is InChI=1S/C19H33NS/c1-4-12-20-19(9-5-7-18-8-6-13-21-18)17-11-10-15(2)16(3)14-17/h6,8,13,15-17,19-20H,4-5,7,9-12,14H2,1-3H3. The first-order valence-electron chi connectivity index (χ1n) is 8.96. The summed E-state index contributed by atoms with van der Waals surface area (Å²) < 4.78 is 0. The Morgan fingerprint density at radius 3 is 2.81 bits per heavy atom. The van der Waals surface area contributed by atoms with E-state index in [0.717, 1.165) is 23.8 Å². The minimum atomic E-state index is 0.750. The van der Waals surface area contributed by atoms with Crippen LogP contribution in [0.3, 0.4) is 0 Å². The molecule has 0 aliphatic heterocycles. The van der Waals surface area contributed by atoms with Gasteiger partial charge in [-0.3, -0.25) is 0 Å². The van der Waals surface area contributed by atoms with Crippen molar-refractivity contribution >= 4 is 11.3 Å². The van der Waals surface area contributed by atoms with Crippen LogP contribution in [0, 0.1) is 17.8 Å². The summed E-state index contributed by atoms with van der Waals surface area (Å²) >= 11 is 1.91. The summed E-state index contributed by atoms with van der Waals surface area (Å²) in [5.74, 6) is 2.75. The highest BCUT2D eigenvalue weighted by Gasteiger charge is 2.29. The highest BCUT2D eigenvalue weighted by Crippen LogP contribution is 2.36. The van der Waals surface area contributed by atoms with Gasteiger partial charge in [0.1, 0.15) is 0 Å². The van der Waals surface area contributed by atoms with Crippen molar-refractivity contribution in [3.63, 3.8) is 0 Å². The van der Waals surface area contributed by atoms with E-state index in [1.54, 1.807) is 4.88 Å². The molecule has 120 valence electrons. The molecule has 1 aliphatic carbocycles. The van der Waals surface area contributed by atoms with E-state index >= 15 is 0 Å². The Hall–Kier alpha value is -0.340. The van der Waals surface area contributed by atoms with Crippen LogP contribution in [-0.4, -0.2) is 12.6 Å². The molecule has 2 rings (SSSR count). The second-order valence-corrected chi connectivity index (χ2v) is 8.09. The Morgan fingerprint density at radius 2 is 2.14 bits per heavy atom. The lowest BCUT2D eigenvalue weighted by Gasteiger charge is -2.37. The lowest BCUT2D eigenvalue weighted by Crippen LogP contribution is -2.40. The van der Waals surface area contributed by atoms with Crippen LogP contribution in [-0.2, 0) is 6.42 Å². The maximum atomic E-state index is 3.86. The third-order valence-electron chi connectivity index (χ3n) is 5.38. The smallest absolute Gasteiger partial charge is 0.00955 e. The third kappa shape index (κ3) is 5.41. The molecular weight excluding hydrogens is 274 g/mol. The van der Waals surface area contributed by atoms with Gasteiger partial charge >= 0.3 is 0 Å². The predicted octanol–water partition coefficient (Wildman–Crippen LogP) is 5.51. The molecular formula is C19H33NS. The van der Waals surface area contributed by atoms with Crippen molar-refractivity contribution in [2.45, 2.75) is 71.8 Å². The maximum absolute atomic E-state index is 3.86. The van der Waals surface area contributed by atoms with Gasteiger partial charge in [-0.1, -0.05) is 33.3 Å². The second kappa shape index (κ2) is 8.95. The van der Waals surface area contributed by atoms with Gasteiger partial charge in [0.15, 0.2) is 0 Å².